The molecular formula is C16H25FN2O3. The number of hydrogen-bond acceptors (Lipinski definition) is 3. The molecular weight excluding hydrogens is 287 g/mol. The normalized spacial score (nSPS) is 12.1. The van der Waals surface area contributed by atoms with Crippen LogP contribution in [0.25, 0.3) is 0 Å². The van der Waals surface area contributed by atoms with E-state index < -0.39 is 11.8 Å². The SMILES string of the molecule is COc1ccc(F)c(NC(=O)NCC(CCO)CC(C)C)c1. The molecule has 0 aliphatic carbocycles. The summed E-state index contributed by atoms with van der Waals surface area (Å²) >= 11 is 0. The molecule has 0 aliphatic rings. The molecule has 0 saturated carbocycles. The first kappa shape index (κ1) is 18.2. The first-order valence-electron chi connectivity index (χ1n) is 7.45. The molecule has 0 radical (unpaired) electrons. The number of hydrogen-bond donors (Lipinski definition) is 3. The van der Waals surface area contributed by atoms with E-state index >= 15 is 0 Å². The largest absolute Gasteiger partial charge is 0.497 e. The molecule has 0 heterocycles. The van der Waals surface area contributed by atoms with Crippen LogP contribution < -0.4 is 15.4 Å². The molecule has 0 bridgehead atoms. The van der Waals surface area contributed by atoms with E-state index in [4.69, 9.17) is 9.84 Å². The third-order valence-electron chi connectivity index (χ3n) is 3.32. The molecule has 6 heteroatoms. The van der Waals surface area contributed by atoms with Crippen molar-refractivity contribution in [2.45, 2.75) is 26.7 Å². The van der Waals surface area contributed by atoms with Gasteiger partial charge in [-0.3, -0.25) is 0 Å². The minimum Gasteiger partial charge on any atom is -0.497 e. The number of aliphatic hydroxyl groups excluding tert-OH is 1. The third-order valence-corrected chi connectivity index (χ3v) is 3.32. The van der Waals surface area contributed by atoms with Gasteiger partial charge in [-0.05, 0) is 36.8 Å². The molecule has 1 aromatic rings. The zero-order valence-electron chi connectivity index (χ0n) is 13.4. The van der Waals surface area contributed by atoms with E-state index in [-0.39, 0.29) is 18.2 Å². The van der Waals surface area contributed by atoms with E-state index in [0.717, 1.165) is 6.42 Å². The summed E-state index contributed by atoms with van der Waals surface area (Å²) < 4.78 is 18.6. The van der Waals surface area contributed by atoms with Gasteiger partial charge in [0.2, 0.25) is 0 Å². The van der Waals surface area contributed by atoms with Crippen LogP contribution >= 0.6 is 0 Å². The fourth-order valence-corrected chi connectivity index (χ4v) is 2.28. The summed E-state index contributed by atoms with van der Waals surface area (Å²) in [6, 6.07) is 3.67. The van der Waals surface area contributed by atoms with Gasteiger partial charge in [0.25, 0.3) is 0 Å². The van der Waals surface area contributed by atoms with Crippen LogP contribution in [-0.4, -0.2) is 31.4 Å². The summed E-state index contributed by atoms with van der Waals surface area (Å²) in [6.07, 6.45) is 1.54. The Kier molecular flexibility index (Phi) is 7.66. The highest BCUT2D eigenvalue weighted by Gasteiger charge is 2.13. The van der Waals surface area contributed by atoms with Crippen LogP contribution in [-0.2, 0) is 0 Å². The lowest BCUT2D eigenvalue weighted by atomic mass is 9.94. The number of ether oxygens (including phenoxy) is 1. The maximum absolute atomic E-state index is 13.6. The van der Waals surface area contributed by atoms with Gasteiger partial charge in [0.1, 0.15) is 11.6 Å². The third kappa shape index (κ3) is 6.30. The number of aliphatic hydroxyl groups is 1. The van der Waals surface area contributed by atoms with Crippen LogP contribution in [0.3, 0.4) is 0 Å². The Hall–Kier alpha value is -1.82. The molecule has 22 heavy (non-hydrogen) atoms. The van der Waals surface area contributed by atoms with Crippen LogP contribution in [0, 0.1) is 17.7 Å². The maximum atomic E-state index is 13.6. The topological polar surface area (TPSA) is 70.6 Å². The Bertz CT molecular complexity index is 480. The van der Waals surface area contributed by atoms with E-state index in [2.05, 4.69) is 24.5 Å². The van der Waals surface area contributed by atoms with Gasteiger partial charge < -0.3 is 20.5 Å². The Morgan fingerprint density at radius 2 is 2.14 bits per heavy atom. The van der Waals surface area contributed by atoms with E-state index in [1.54, 1.807) is 0 Å². The predicted octanol–water partition coefficient (Wildman–Crippen LogP) is 3.00. The van der Waals surface area contributed by atoms with Crippen molar-refractivity contribution in [1.82, 2.24) is 5.32 Å². The Labute approximate surface area is 130 Å². The smallest absolute Gasteiger partial charge is 0.319 e. The van der Waals surface area contributed by atoms with Crippen molar-refractivity contribution in [3.05, 3.63) is 24.0 Å². The van der Waals surface area contributed by atoms with Crippen molar-refractivity contribution in [3.8, 4) is 5.75 Å². The first-order chi connectivity index (χ1) is 10.5. The average Bonchev–Trinajstić information content (AvgIpc) is 2.47. The van der Waals surface area contributed by atoms with E-state index in [9.17, 15) is 9.18 Å². The van der Waals surface area contributed by atoms with Crippen LogP contribution in [0.1, 0.15) is 26.7 Å². The average molecular weight is 312 g/mol. The number of urea groups is 1. The van der Waals surface area contributed by atoms with Crippen LogP contribution in [0.15, 0.2) is 18.2 Å². The lowest BCUT2D eigenvalue weighted by Crippen LogP contribution is -2.34. The molecule has 1 aromatic carbocycles. The van der Waals surface area contributed by atoms with E-state index in [1.807, 2.05) is 0 Å². The summed E-state index contributed by atoms with van der Waals surface area (Å²) in [4.78, 5) is 11.9. The van der Waals surface area contributed by atoms with Crippen LogP contribution in [0.2, 0.25) is 0 Å². The number of nitrogens with one attached hydrogen (secondary N) is 2. The molecule has 1 atom stereocenters. The molecule has 0 fully saturated rings. The van der Waals surface area contributed by atoms with Crippen molar-refractivity contribution in [2.75, 3.05) is 25.6 Å². The molecule has 0 aromatic heterocycles. The number of anilines is 1. The van der Waals surface area contributed by atoms with Gasteiger partial charge in [0.15, 0.2) is 0 Å². The van der Waals surface area contributed by atoms with Crippen molar-refractivity contribution in [2.24, 2.45) is 11.8 Å². The van der Waals surface area contributed by atoms with Crippen LogP contribution in [0.4, 0.5) is 14.9 Å². The number of carbonyl (C=O) groups excluding carboxylic acids is 1. The van der Waals surface area contributed by atoms with E-state index in [0.29, 0.717) is 24.6 Å². The van der Waals surface area contributed by atoms with Crippen LogP contribution in [0.5, 0.6) is 5.75 Å². The zero-order valence-corrected chi connectivity index (χ0v) is 13.4. The second-order valence-corrected chi connectivity index (χ2v) is 5.69. The number of amides is 2. The Morgan fingerprint density at radius 1 is 1.41 bits per heavy atom. The zero-order chi connectivity index (χ0) is 16.5. The molecule has 1 rings (SSSR count). The highest BCUT2D eigenvalue weighted by molar-refractivity contribution is 5.89. The monoisotopic (exact) mass is 312 g/mol. The molecule has 124 valence electrons. The summed E-state index contributed by atoms with van der Waals surface area (Å²) in [6.45, 7) is 4.72. The Morgan fingerprint density at radius 3 is 2.73 bits per heavy atom. The summed E-state index contributed by atoms with van der Waals surface area (Å²) in [7, 11) is 1.47. The molecule has 0 spiro atoms. The quantitative estimate of drug-likeness (QED) is 0.691. The minimum absolute atomic E-state index is 0.0689. The van der Waals surface area contributed by atoms with Gasteiger partial charge in [-0.2, -0.15) is 0 Å². The van der Waals surface area contributed by atoms with Crippen molar-refractivity contribution in [3.63, 3.8) is 0 Å². The number of benzene rings is 1. The molecule has 2 amide bonds. The van der Waals surface area contributed by atoms with Gasteiger partial charge in [-0.15, -0.1) is 0 Å². The number of rotatable bonds is 8. The summed E-state index contributed by atoms with van der Waals surface area (Å²) in [5.41, 5.74) is 0.0689. The number of halogens is 1. The van der Waals surface area contributed by atoms with Crippen molar-refractivity contribution < 1.29 is 19.0 Å². The summed E-state index contributed by atoms with van der Waals surface area (Å²) in [5.74, 6) is 0.628. The van der Waals surface area contributed by atoms with Gasteiger partial charge in [-0.1, -0.05) is 13.8 Å². The second kappa shape index (κ2) is 9.25. The molecule has 3 N–H and O–H groups in total. The second-order valence-electron chi connectivity index (χ2n) is 5.69. The lowest BCUT2D eigenvalue weighted by molar-refractivity contribution is 0.231. The molecule has 5 nitrogen and oxygen atoms in total. The Balaban J connectivity index is 2.54. The molecule has 0 saturated heterocycles. The fraction of sp³-hybridized carbons (Fsp3) is 0.562. The van der Waals surface area contributed by atoms with Crippen molar-refractivity contribution >= 4 is 11.7 Å². The highest BCUT2D eigenvalue weighted by atomic mass is 19.1. The lowest BCUT2D eigenvalue weighted by Gasteiger charge is -2.19. The van der Waals surface area contributed by atoms with Gasteiger partial charge in [0, 0.05) is 19.2 Å². The molecule has 0 aliphatic heterocycles. The predicted molar refractivity (Wildman–Crippen MR) is 84.6 cm³/mol. The minimum atomic E-state index is -0.523. The van der Waals surface area contributed by atoms with Gasteiger partial charge in [0.05, 0.1) is 12.8 Å². The van der Waals surface area contributed by atoms with Crippen molar-refractivity contribution in [1.29, 1.82) is 0 Å². The number of methoxy groups -OCH3 is 1. The number of carbonyl (C=O) groups is 1. The first-order valence-corrected chi connectivity index (χ1v) is 7.45. The standard InChI is InChI=1S/C16H25FN2O3/c1-11(2)8-12(6-7-20)10-18-16(21)19-15-9-13(22-3)4-5-14(15)17/h4-5,9,11-12,20H,6-8,10H2,1-3H3,(H2,18,19,21). The maximum Gasteiger partial charge on any atom is 0.319 e. The van der Waals surface area contributed by atoms with Gasteiger partial charge in [-0.25, -0.2) is 9.18 Å². The van der Waals surface area contributed by atoms with Gasteiger partial charge >= 0.3 is 6.03 Å². The fourth-order valence-electron chi connectivity index (χ4n) is 2.28. The molecule has 1 unspecified atom stereocenters. The highest BCUT2D eigenvalue weighted by Crippen LogP contribution is 2.21. The van der Waals surface area contributed by atoms with E-state index in [1.165, 1.54) is 25.3 Å². The summed E-state index contributed by atoms with van der Waals surface area (Å²) in [5, 5.41) is 14.2.